The van der Waals surface area contributed by atoms with Gasteiger partial charge in [0, 0.05) is 31.3 Å². The van der Waals surface area contributed by atoms with Crippen LogP contribution in [0.4, 0.5) is 0 Å². The number of methoxy groups -OCH3 is 1. The summed E-state index contributed by atoms with van der Waals surface area (Å²) in [6, 6.07) is 0. The lowest BCUT2D eigenvalue weighted by atomic mass is 9.72. The van der Waals surface area contributed by atoms with Gasteiger partial charge in [-0.25, -0.2) is 0 Å². The fraction of sp³-hybridized carbons (Fsp3) is 0.929. The van der Waals surface area contributed by atoms with Crippen LogP contribution in [-0.4, -0.2) is 128 Å². The molecule has 13 nitrogen and oxygen atoms in total. The third-order valence-corrected chi connectivity index (χ3v) is 8.96. The number of ether oxygens (including phenoxy) is 4. The van der Waals surface area contributed by atoms with Crippen molar-refractivity contribution in [2.24, 2.45) is 23.7 Å². The van der Waals surface area contributed by atoms with E-state index >= 15 is 0 Å². The number of hydrogen-bond donors (Lipinski definition) is 7. The Balaban J connectivity index is 2.61. The van der Waals surface area contributed by atoms with Gasteiger partial charge in [0.15, 0.2) is 12.1 Å². The molecule has 0 aromatic carbocycles. The van der Waals surface area contributed by atoms with E-state index in [9.17, 15) is 45.3 Å². The molecule has 7 N–H and O–H groups in total. The SMILES string of the molecule is CC[C@H]1OC(=O)[C@H](C)[C@@H](O[C@H]2O[C@H](C)[C@@H](O)[C@H](O)[C@@H]2OC)[C@H](C)[C@@H](O)[C@](C)(O)C[C@@](O)(CO)C(=O)[C@H](C)[C@@H](O)[C@H]1C. The third kappa shape index (κ3) is 7.46. The van der Waals surface area contributed by atoms with Gasteiger partial charge >= 0.3 is 5.97 Å². The maximum absolute atomic E-state index is 13.5. The van der Waals surface area contributed by atoms with Gasteiger partial charge in [-0.3, -0.25) is 9.59 Å². The highest BCUT2D eigenvalue weighted by molar-refractivity contribution is 5.89. The number of carbonyl (C=O) groups is 2. The maximum atomic E-state index is 13.5. The lowest BCUT2D eigenvalue weighted by molar-refractivity contribution is -0.319. The van der Waals surface area contributed by atoms with Crippen LogP contribution in [0.15, 0.2) is 0 Å². The number of aliphatic hydroxyl groups excluding tert-OH is 5. The standard InChI is InChI=1S/C28H50O13/c1-9-17-12(2)18(30)13(3)24(34)28(37,11-29)10-27(7,36)23(33)14(4)21(15(5)25(35)40-17)41-26-22(38-8)20(32)19(31)16(6)39-26/h12-23,26,29-33,36-37H,9-11H2,1-8H3/t12-,13+,14-,15+,16+,17+,18-,19+,20-,21-,22-,23+,26+,27+,28+/m0/s1. The Kier molecular flexibility index (Phi) is 12.3. The minimum absolute atomic E-state index is 0.277. The van der Waals surface area contributed by atoms with Crippen LogP contribution < -0.4 is 0 Å². The molecule has 2 heterocycles. The van der Waals surface area contributed by atoms with Gasteiger partial charge < -0.3 is 54.7 Å². The second kappa shape index (κ2) is 14.0. The molecule has 2 aliphatic heterocycles. The molecule has 2 rings (SSSR count). The van der Waals surface area contributed by atoms with E-state index in [0.717, 1.165) is 0 Å². The molecule has 0 saturated carbocycles. The van der Waals surface area contributed by atoms with Gasteiger partial charge in [0.05, 0.1) is 42.5 Å². The molecule has 0 bridgehead atoms. The summed E-state index contributed by atoms with van der Waals surface area (Å²) in [6.45, 7) is 9.25. The average molecular weight is 595 g/mol. The first kappa shape index (κ1) is 35.9. The van der Waals surface area contributed by atoms with Crippen molar-refractivity contribution in [1.82, 2.24) is 0 Å². The zero-order chi connectivity index (χ0) is 31.6. The lowest BCUT2D eigenvalue weighted by Crippen LogP contribution is -2.61. The second-order valence-corrected chi connectivity index (χ2v) is 12.2. The zero-order valence-electron chi connectivity index (χ0n) is 25.2. The molecular weight excluding hydrogens is 544 g/mol. The molecule has 240 valence electrons. The van der Waals surface area contributed by atoms with Gasteiger partial charge in [-0.1, -0.05) is 27.7 Å². The normalized spacial score (nSPS) is 49.3. The van der Waals surface area contributed by atoms with E-state index in [1.807, 2.05) is 0 Å². The topological polar surface area (TPSA) is 213 Å². The highest BCUT2D eigenvalue weighted by Crippen LogP contribution is 2.37. The Hall–Kier alpha value is -1.26. The van der Waals surface area contributed by atoms with E-state index in [4.69, 9.17) is 18.9 Å². The first-order valence-corrected chi connectivity index (χ1v) is 14.2. The van der Waals surface area contributed by atoms with Crippen LogP contribution >= 0.6 is 0 Å². The van der Waals surface area contributed by atoms with E-state index in [-0.39, 0.29) is 6.42 Å². The quantitative estimate of drug-likeness (QED) is 0.188. The maximum Gasteiger partial charge on any atom is 0.311 e. The molecule has 0 aliphatic carbocycles. The molecule has 0 aromatic rings. The minimum atomic E-state index is -2.52. The number of Topliss-reactive ketones (excluding diaryl/α,β-unsaturated/α-hetero) is 1. The van der Waals surface area contributed by atoms with Crippen molar-refractivity contribution in [2.45, 2.75) is 128 Å². The van der Waals surface area contributed by atoms with Gasteiger partial charge in [-0.05, 0) is 27.2 Å². The predicted molar refractivity (Wildman–Crippen MR) is 143 cm³/mol. The van der Waals surface area contributed by atoms with E-state index in [1.165, 1.54) is 41.7 Å². The summed E-state index contributed by atoms with van der Waals surface area (Å²) in [4.78, 5) is 26.8. The number of aliphatic hydroxyl groups is 7. The second-order valence-electron chi connectivity index (χ2n) is 12.2. The number of esters is 1. The van der Waals surface area contributed by atoms with Crippen molar-refractivity contribution in [2.75, 3.05) is 13.7 Å². The van der Waals surface area contributed by atoms with E-state index in [1.54, 1.807) is 13.8 Å². The van der Waals surface area contributed by atoms with E-state index in [0.29, 0.717) is 0 Å². The first-order valence-electron chi connectivity index (χ1n) is 14.2. The number of carbonyl (C=O) groups excluding carboxylic acids is 2. The number of cyclic esters (lactones) is 1. The largest absolute Gasteiger partial charge is 0.462 e. The summed E-state index contributed by atoms with van der Waals surface area (Å²) in [5.41, 5.74) is -4.72. The van der Waals surface area contributed by atoms with Crippen LogP contribution in [-0.2, 0) is 28.5 Å². The molecule has 2 saturated heterocycles. The van der Waals surface area contributed by atoms with Crippen molar-refractivity contribution in [3.05, 3.63) is 0 Å². The number of ketones is 1. The Morgan fingerprint density at radius 3 is 2.00 bits per heavy atom. The summed E-state index contributed by atoms with van der Waals surface area (Å²) in [5.74, 6) is -5.86. The molecule has 2 aliphatic rings. The number of hydrogen-bond acceptors (Lipinski definition) is 13. The summed E-state index contributed by atoms with van der Waals surface area (Å²) in [5, 5.41) is 75.8. The molecular formula is C28H50O13. The van der Waals surface area contributed by atoms with Gasteiger partial charge in [0.2, 0.25) is 0 Å². The van der Waals surface area contributed by atoms with Crippen LogP contribution in [0.2, 0.25) is 0 Å². The highest BCUT2D eigenvalue weighted by atomic mass is 16.7. The van der Waals surface area contributed by atoms with Crippen molar-refractivity contribution in [3.8, 4) is 0 Å². The summed E-state index contributed by atoms with van der Waals surface area (Å²) >= 11 is 0. The third-order valence-electron chi connectivity index (χ3n) is 8.96. The van der Waals surface area contributed by atoms with Crippen molar-refractivity contribution in [1.29, 1.82) is 0 Å². The highest BCUT2D eigenvalue weighted by Gasteiger charge is 2.53. The van der Waals surface area contributed by atoms with Crippen LogP contribution in [0.25, 0.3) is 0 Å². The smallest absolute Gasteiger partial charge is 0.311 e. The zero-order valence-corrected chi connectivity index (χ0v) is 25.2. The first-order chi connectivity index (χ1) is 18.9. The van der Waals surface area contributed by atoms with Crippen LogP contribution in [0.1, 0.15) is 61.3 Å². The summed E-state index contributed by atoms with van der Waals surface area (Å²) < 4.78 is 23.0. The van der Waals surface area contributed by atoms with Gasteiger partial charge in [-0.2, -0.15) is 0 Å². The predicted octanol–water partition coefficient (Wildman–Crippen LogP) is -1.11. The molecule has 0 amide bonds. The van der Waals surface area contributed by atoms with Crippen LogP contribution in [0, 0.1) is 23.7 Å². The average Bonchev–Trinajstić information content (AvgIpc) is 2.93. The molecule has 13 heteroatoms. The monoisotopic (exact) mass is 594 g/mol. The fourth-order valence-corrected chi connectivity index (χ4v) is 6.09. The minimum Gasteiger partial charge on any atom is -0.462 e. The van der Waals surface area contributed by atoms with E-state index < -0.39 is 115 Å². The summed E-state index contributed by atoms with van der Waals surface area (Å²) in [6.07, 6.45) is -11.8. The summed E-state index contributed by atoms with van der Waals surface area (Å²) in [7, 11) is 1.27. The lowest BCUT2D eigenvalue weighted by Gasteiger charge is -2.46. The van der Waals surface area contributed by atoms with Crippen LogP contribution in [0.3, 0.4) is 0 Å². The molecule has 0 aromatic heterocycles. The van der Waals surface area contributed by atoms with Gasteiger partial charge in [0.25, 0.3) is 0 Å². The molecule has 41 heavy (non-hydrogen) atoms. The Labute approximate surface area is 241 Å². The molecule has 2 fully saturated rings. The molecule has 15 atom stereocenters. The van der Waals surface area contributed by atoms with Crippen molar-refractivity contribution in [3.63, 3.8) is 0 Å². The van der Waals surface area contributed by atoms with Gasteiger partial charge in [-0.15, -0.1) is 0 Å². The fourth-order valence-electron chi connectivity index (χ4n) is 6.09. The van der Waals surface area contributed by atoms with E-state index in [2.05, 4.69) is 0 Å². The van der Waals surface area contributed by atoms with Crippen molar-refractivity contribution >= 4 is 11.8 Å². The van der Waals surface area contributed by atoms with Crippen LogP contribution in [0.5, 0.6) is 0 Å². The van der Waals surface area contributed by atoms with Gasteiger partial charge in [0.1, 0.15) is 30.0 Å². The Bertz CT molecular complexity index is 883. The molecule has 0 spiro atoms. The number of rotatable bonds is 5. The Morgan fingerprint density at radius 2 is 1.49 bits per heavy atom. The van der Waals surface area contributed by atoms with Crippen molar-refractivity contribution < 1.29 is 64.3 Å². The molecule has 0 radical (unpaired) electrons. The Morgan fingerprint density at radius 1 is 0.902 bits per heavy atom. The molecule has 0 unspecified atom stereocenters.